The molecule has 4 heterocycles. The Bertz CT molecular complexity index is 1200. The first-order valence-electron chi connectivity index (χ1n) is 11.2. The van der Waals surface area contributed by atoms with Crippen molar-refractivity contribution in [2.24, 2.45) is 0 Å². The van der Waals surface area contributed by atoms with Gasteiger partial charge >= 0.3 is 0 Å². The van der Waals surface area contributed by atoms with E-state index in [2.05, 4.69) is 11.0 Å². The lowest BCUT2D eigenvalue weighted by Crippen LogP contribution is -2.37. The molecule has 0 bridgehead atoms. The van der Waals surface area contributed by atoms with Gasteiger partial charge in [-0.3, -0.25) is 19.1 Å². The zero-order valence-corrected chi connectivity index (χ0v) is 20.4. The second-order valence-electron chi connectivity index (χ2n) is 8.20. The molecule has 1 amide bonds. The number of hydrogen-bond acceptors (Lipinski definition) is 7. The Morgan fingerprint density at radius 2 is 2.03 bits per heavy atom. The van der Waals surface area contributed by atoms with Crippen molar-refractivity contribution in [3.8, 4) is 6.07 Å². The quantitative estimate of drug-likeness (QED) is 0.445. The highest BCUT2D eigenvalue weighted by molar-refractivity contribution is 8.26. The number of nitrogens with zero attached hydrogens (tertiary/aromatic N) is 4. The third kappa shape index (κ3) is 4.50. The summed E-state index contributed by atoms with van der Waals surface area (Å²) in [6.45, 7) is 6.27. The van der Waals surface area contributed by atoms with Gasteiger partial charge in [0.25, 0.3) is 11.5 Å². The van der Waals surface area contributed by atoms with Gasteiger partial charge in [-0.15, -0.1) is 0 Å². The standard InChI is InChI=1S/C24H26N4O3S2/c1-3-9-27-21(26-10-5-4-6-11-26)18(16(2)19(14-25)22(27)29)13-20-23(30)28(24(32)33-20)15-17-8-7-12-31-17/h7-8,12-13H,3-6,9-11,15H2,1-2H3/b20-13+. The summed E-state index contributed by atoms with van der Waals surface area (Å²) in [4.78, 5) is 30.7. The van der Waals surface area contributed by atoms with Crippen LogP contribution in [-0.2, 0) is 17.9 Å². The zero-order valence-electron chi connectivity index (χ0n) is 18.8. The smallest absolute Gasteiger partial charge is 0.270 e. The van der Waals surface area contributed by atoms with E-state index >= 15 is 0 Å². The summed E-state index contributed by atoms with van der Waals surface area (Å²) in [5.41, 5.74) is 1.22. The lowest BCUT2D eigenvalue weighted by molar-refractivity contribution is -0.122. The molecule has 4 rings (SSSR count). The number of rotatable bonds is 6. The number of carbonyl (C=O) groups excluding carboxylic acids is 1. The van der Waals surface area contributed by atoms with Crippen molar-refractivity contribution in [2.75, 3.05) is 18.0 Å². The topological polar surface area (TPSA) is 82.5 Å². The first-order chi connectivity index (χ1) is 16.0. The maximum Gasteiger partial charge on any atom is 0.270 e. The highest BCUT2D eigenvalue weighted by Gasteiger charge is 2.34. The Kier molecular flexibility index (Phi) is 7.05. The summed E-state index contributed by atoms with van der Waals surface area (Å²) in [5, 5.41) is 9.75. The average molecular weight is 483 g/mol. The average Bonchev–Trinajstić information content (AvgIpc) is 3.42. The molecule has 2 fully saturated rings. The van der Waals surface area contributed by atoms with E-state index in [1.54, 1.807) is 29.9 Å². The zero-order chi connectivity index (χ0) is 23.5. The predicted octanol–water partition coefficient (Wildman–Crippen LogP) is 4.42. The van der Waals surface area contributed by atoms with E-state index in [1.807, 2.05) is 13.0 Å². The number of carbonyl (C=O) groups is 1. The van der Waals surface area contributed by atoms with Gasteiger partial charge in [0.2, 0.25) is 0 Å². The largest absolute Gasteiger partial charge is 0.467 e. The van der Waals surface area contributed by atoms with Gasteiger partial charge in [0.1, 0.15) is 27.5 Å². The molecule has 0 unspecified atom stereocenters. The van der Waals surface area contributed by atoms with Crippen LogP contribution in [0.15, 0.2) is 32.5 Å². The van der Waals surface area contributed by atoms with Crippen LogP contribution in [-0.4, -0.2) is 32.8 Å². The molecular weight excluding hydrogens is 456 g/mol. The van der Waals surface area contributed by atoms with E-state index in [1.165, 1.54) is 16.7 Å². The first-order valence-corrected chi connectivity index (χ1v) is 12.4. The molecule has 172 valence electrons. The highest BCUT2D eigenvalue weighted by atomic mass is 32.2. The maximum atomic E-state index is 13.2. The minimum atomic E-state index is -0.264. The van der Waals surface area contributed by atoms with Gasteiger partial charge in [0, 0.05) is 25.2 Å². The molecule has 9 heteroatoms. The van der Waals surface area contributed by atoms with Gasteiger partial charge in [0.15, 0.2) is 0 Å². The molecule has 7 nitrogen and oxygen atoms in total. The Labute approximate surface area is 202 Å². The fraction of sp³-hybridized carbons (Fsp3) is 0.417. The van der Waals surface area contributed by atoms with Gasteiger partial charge < -0.3 is 9.32 Å². The van der Waals surface area contributed by atoms with Crippen molar-refractivity contribution < 1.29 is 9.21 Å². The monoisotopic (exact) mass is 482 g/mol. The summed E-state index contributed by atoms with van der Waals surface area (Å²) in [7, 11) is 0. The number of furan rings is 1. The van der Waals surface area contributed by atoms with Crippen LogP contribution in [0.5, 0.6) is 0 Å². The van der Waals surface area contributed by atoms with Crippen molar-refractivity contribution in [1.29, 1.82) is 5.26 Å². The molecule has 0 saturated carbocycles. The summed E-state index contributed by atoms with van der Waals surface area (Å²) in [6.07, 6.45) is 7.39. The van der Waals surface area contributed by atoms with Gasteiger partial charge in [0.05, 0.1) is 17.7 Å². The molecule has 0 atom stereocenters. The Morgan fingerprint density at radius 1 is 1.27 bits per heavy atom. The van der Waals surface area contributed by atoms with Crippen LogP contribution < -0.4 is 10.5 Å². The van der Waals surface area contributed by atoms with E-state index in [0.29, 0.717) is 27.1 Å². The molecule has 2 aromatic rings. The van der Waals surface area contributed by atoms with Crippen LogP contribution in [0, 0.1) is 18.3 Å². The van der Waals surface area contributed by atoms with E-state index in [9.17, 15) is 14.9 Å². The summed E-state index contributed by atoms with van der Waals surface area (Å²) in [6, 6.07) is 5.68. The van der Waals surface area contributed by atoms with Crippen LogP contribution >= 0.6 is 24.0 Å². The SMILES string of the molecule is CCCn1c(N2CCCCC2)c(/C=C2/SC(=S)N(Cc3ccco3)C2=O)c(C)c(C#N)c1=O. The maximum absolute atomic E-state index is 13.2. The van der Waals surface area contributed by atoms with Crippen LogP contribution in [0.1, 0.15) is 55.1 Å². The molecule has 0 N–H and O–H groups in total. The number of pyridine rings is 1. The van der Waals surface area contributed by atoms with Gasteiger partial charge in [-0.2, -0.15) is 5.26 Å². The lowest BCUT2D eigenvalue weighted by Gasteiger charge is -2.33. The molecule has 33 heavy (non-hydrogen) atoms. The van der Waals surface area contributed by atoms with E-state index < -0.39 is 0 Å². The van der Waals surface area contributed by atoms with Gasteiger partial charge in [-0.05, 0) is 56.4 Å². The Hall–Kier alpha value is -2.83. The minimum absolute atomic E-state index is 0.126. The van der Waals surface area contributed by atoms with Crippen LogP contribution in [0.2, 0.25) is 0 Å². The highest BCUT2D eigenvalue weighted by Crippen LogP contribution is 2.37. The first kappa shape index (κ1) is 23.3. The molecule has 2 saturated heterocycles. The summed E-state index contributed by atoms with van der Waals surface area (Å²) < 4.78 is 7.56. The fourth-order valence-corrected chi connectivity index (χ4v) is 5.58. The molecular formula is C24H26N4O3S2. The van der Waals surface area contributed by atoms with Crippen molar-refractivity contribution in [1.82, 2.24) is 9.47 Å². The van der Waals surface area contributed by atoms with Crippen molar-refractivity contribution in [3.63, 3.8) is 0 Å². The number of thioether (sulfide) groups is 1. The van der Waals surface area contributed by atoms with Crippen LogP contribution in [0.3, 0.4) is 0 Å². The number of piperidine rings is 1. The second-order valence-corrected chi connectivity index (χ2v) is 9.88. The summed E-state index contributed by atoms with van der Waals surface area (Å²) >= 11 is 6.72. The molecule has 0 aliphatic carbocycles. The second kappa shape index (κ2) is 9.98. The molecule has 0 spiro atoms. The fourth-order valence-electron chi connectivity index (χ4n) is 4.35. The number of aromatic nitrogens is 1. The van der Waals surface area contributed by atoms with E-state index in [-0.39, 0.29) is 23.6 Å². The van der Waals surface area contributed by atoms with E-state index in [4.69, 9.17) is 16.6 Å². The molecule has 0 aromatic carbocycles. The predicted molar refractivity (Wildman–Crippen MR) is 134 cm³/mol. The third-order valence-electron chi connectivity index (χ3n) is 5.99. The van der Waals surface area contributed by atoms with Crippen molar-refractivity contribution in [3.05, 3.63) is 56.1 Å². The minimum Gasteiger partial charge on any atom is -0.467 e. The Morgan fingerprint density at radius 3 is 2.67 bits per heavy atom. The van der Waals surface area contributed by atoms with Gasteiger partial charge in [-0.25, -0.2) is 0 Å². The molecule has 2 aliphatic rings. The van der Waals surface area contributed by atoms with Crippen molar-refractivity contribution in [2.45, 2.75) is 52.6 Å². The molecule has 0 radical (unpaired) electrons. The number of nitriles is 1. The van der Waals surface area contributed by atoms with E-state index in [0.717, 1.165) is 50.2 Å². The molecule has 2 aliphatic heterocycles. The number of hydrogen-bond donors (Lipinski definition) is 0. The van der Waals surface area contributed by atoms with Crippen LogP contribution in [0.25, 0.3) is 6.08 Å². The Balaban J connectivity index is 1.84. The van der Waals surface area contributed by atoms with Gasteiger partial charge in [-0.1, -0.05) is 30.9 Å². The lowest BCUT2D eigenvalue weighted by atomic mass is 10.0. The number of amides is 1. The summed E-state index contributed by atoms with van der Waals surface area (Å²) in [5.74, 6) is 1.26. The molecule has 2 aromatic heterocycles. The normalized spacial score (nSPS) is 17.8. The van der Waals surface area contributed by atoms with Crippen molar-refractivity contribution >= 4 is 46.1 Å². The number of anilines is 1. The third-order valence-corrected chi connectivity index (χ3v) is 7.37. The van der Waals surface area contributed by atoms with Crippen LogP contribution in [0.4, 0.5) is 5.82 Å². The number of thiocarbonyl (C=S) groups is 1.